The zero-order valence-electron chi connectivity index (χ0n) is 8.36. The van der Waals surface area contributed by atoms with Crippen LogP contribution in [-0.4, -0.2) is 11.0 Å². The molecule has 14 heavy (non-hydrogen) atoms. The van der Waals surface area contributed by atoms with Gasteiger partial charge in [0.15, 0.2) is 5.60 Å². The number of hydrogen-bond acceptors (Lipinski definition) is 3. The Morgan fingerprint density at radius 3 is 2.57 bits per heavy atom. The summed E-state index contributed by atoms with van der Waals surface area (Å²) >= 11 is 0. The summed E-state index contributed by atoms with van der Waals surface area (Å²) in [5.41, 5.74) is 0.0899. The monoisotopic (exact) mass is 191 g/mol. The number of aromatic nitrogens is 1. The van der Waals surface area contributed by atoms with Gasteiger partial charge in [-0.1, -0.05) is 6.58 Å². The molecule has 1 heterocycles. The molecule has 0 aliphatic carbocycles. The number of esters is 1. The van der Waals surface area contributed by atoms with Gasteiger partial charge in [0.05, 0.1) is 0 Å². The Bertz CT molecular complexity index is 334. The van der Waals surface area contributed by atoms with Crippen molar-refractivity contribution in [2.75, 3.05) is 0 Å². The van der Waals surface area contributed by atoms with Crippen LogP contribution in [0.2, 0.25) is 0 Å². The minimum Gasteiger partial charge on any atom is -0.450 e. The largest absolute Gasteiger partial charge is 0.450 e. The minimum absolute atomic E-state index is 0.329. The third kappa shape index (κ3) is 2.19. The zero-order valence-corrected chi connectivity index (χ0v) is 8.36. The van der Waals surface area contributed by atoms with Crippen LogP contribution < -0.4 is 0 Å². The molecule has 0 amide bonds. The summed E-state index contributed by atoms with van der Waals surface area (Å²) in [5, 5.41) is 0. The Labute approximate surface area is 83.4 Å². The number of nitrogens with zero attached hydrogens (tertiary/aromatic N) is 1. The van der Waals surface area contributed by atoms with E-state index in [2.05, 4.69) is 11.6 Å². The third-order valence-electron chi connectivity index (χ3n) is 2.00. The molecule has 0 aliphatic rings. The second-order valence-corrected chi connectivity index (χ2v) is 3.14. The molecule has 3 heteroatoms. The molecule has 0 radical (unpaired) electrons. The first-order valence-electron chi connectivity index (χ1n) is 4.32. The number of carbonyl (C=O) groups is 1. The van der Waals surface area contributed by atoms with Crippen LogP contribution in [0.25, 0.3) is 0 Å². The van der Waals surface area contributed by atoms with Crippen LogP contribution in [0.1, 0.15) is 19.4 Å². The van der Waals surface area contributed by atoms with E-state index >= 15 is 0 Å². The summed E-state index contributed by atoms with van der Waals surface area (Å²) in [6.07, 6.45) is 4.91. The first-order chi connectivity index (χ1) is 6.58. The van der Waals surface area contributed by atoms with Crippen molar-refractivity contribution in [3.63, 3.8) is 0 Å². The molecular formula is C11H13NO2. The topological polar surface area (TPSA) is 39.2 Å². The Balaban J connectivity index is 3.01. The molecule has 1 aromatic rings. The van der Waals surface area contributed by atoms with Gasteiger partial charge in [-0.25, -0.2) is 0 Å². The normalized spacial score (nSPS) is 14.1. The molecule has 0 aliphatic heterocycles. The van der Waals surface area contributed by atoms with Gasteiger partial charge in [0, 0.05) is 24.9 Å². The highest BCUT2D eigenvalue weighted by Crippen LogP contribution is 2.25. The van der Waals surface area contributed by atoms with Gasteiger partial charge in [-0.05, 0) is 25.1 Å². The molecule has 74 valence electrons. The summed E-state index contributed by atoms with van der Waals surface area (Å²) in [5.74, 6) is -0.329. The molecule has 1 atom stereocenters. The standard InChI is InChI=1S/C11H13NO2/c1-4-11(3,14-9(2)13)10-5-7-12-8-6-10/h4-8H,1H2,2-3H3/t11-/m1/s1. The molecule has 1 rings (SSSR count). The fourth-order valence-electron chi connectivity index (χ4n) is 1.20. The molecule has 0 bridgehead atoms. The van der Waals surface area contributed by atoms with Crippen molar-refractivity contribution in [1.82, 2.24) is 4.98 Å². The van der Waals surface area contributed by atoms with Gasteiger partial charge >= 0.3 is 5.97 Å². The zero-order chi connectivity index (χ0) is 10.6. The van der Waals surface area contributed by atoms with Crippen molar-refractivity contribution in [2.45, 2.75) is 19.4 Å². The lowest BCUT2D eigenvalue weighted by molar-refractivity contribution is -0.151. The molecule has 0 spiro atoms. The molecule has 0 saturated carbocycles. The van der Waals surface area contributed by atoms with E-state index in [-0.39, 0.29) is 5.97 Å². The fourth-order valence-corrected chi connectivity index (χ4v) is 1.20. The van der Waals surface area contributed by atoms with E-state index in [4.69, 9.17) is 4.74 Å². The molecule has 3 nitrogen and oxygen atoms in total. The van der Waals surface area contributed by atoms with E-state index in [1.807, 2.05) is 0 Å². The average molecular weight is 191 g/mol. The predicted molar refractivity (Wildman–Crippen MR) is 53.6 cm³/mol. The van der Waals surface area contributed by atoms with Crippen LogP contribution in [-0.2, 0) is 15.1 Å². The Morgan fingerprint density at radius 2 is 2.14 bits per heavy atom. The Morgan fingerprint density at radius 1 is 1.57 bits per heavy atom. The van der Waals surface area contributed by atoms with Crippen LogP contribution >= 0.6 is 0 Å². The molecule has 0 saturated heterocycles. The van der Waals surface area contributed by atoms with Crippen molar-refractivity contribution in [3.8, 4) is 0 Å². The van der Waals surface area contributed by atoms with Crippen molar-refractivity contribution >= 4 is 5.97 Å². The summed E-state index contributed by atoms with van der Waals surface area (Å²) in [4.78, 5) is 14.8. The second kappa shape index (κ2) is 4.05. The van der Waals surface area contributed by atoms with Crippen LogP contribution in [0.4, 0.5) is 0 Å². The Hall–Kier alpha value is -1.64. The van der Waals surface area contributed by atoms with Gasteiger partial charge in [0.2, 0.25) is 0 Å². The van der Waals surface area contributed by atoms with Crippen LogP contribution in [0.3, 0.4) is 0 Å². The van der Waals surface area contributed by atoms with E-state index in [0.29, 0.717) is 0 Å². The van der Waals surface area contributed by atoms with E-state index in [0.717, 1.165) is 5.56 Å². The highest BCUT2D eigenvalue weighted by molar-refractivity contribution is 5.67. The van der Waals surface area contributed by atoms with Gasteiger partial charge in [-0.3, -0.25) is 9.78 Å². The second-order valence-electron chi connectivity index (χ2n) is 3.14. The number of ether oxygens (including phenoxy) is 1. The van der Waals surface area contributed by atoms with E-state index in [1.165, 1.54) is 6.92 Å². The van der Waals surface area contributed by atoms with Crippen LogP contribution in [0.5, 0.6) is 0 Å². The van der Waals surface area contributed by atoms with Gasteiger partial charge < -0.3 is 4.74 Å². The van der Waals surface area contributed by atoms with Crippen molar-refractivity contribution in [3.05, 3.63) is 42.7 Å². The Kier molecular flexibility index (Phi) is 3.02. The van der Waals surface area contributed by atoms with Gasteiger partial charge in [0.25, 0.3) is 0 Å². The molecular weight excluding hydrogens is 178 g/mol. The number of hydrogen-bond donors (Lipinski definition) is 0. The molecule has 0 aromatic carbocycles. The smallest absolute Gasteiger partial charge is 0.303 e. The fraction of sp³-hybridized carbons (Fsp3) is 0.273. The van der Waals surface area contributed by atoms with Gasteiger partial charge in [0.1, 0.15) is 0 Å². The van der Waals surface area contributed by atoms with Crippen LogP contribution in [0.15, 0.2) is 37.2 Å². The van der Waals surface area contributed by atoms with Gasteiger partial charge in [-0.15, -0.1) is 0 Å². The lowest BCUT2D eigenvalue weighted by atomic mass is 9.97. The van der Waals surface area contributed by atoms with E-state index in [9.17, 15) is 4.79 Å². The van der Waals surface area contributed by atoms with Crippen molar-refractivity contribution in [1.29, 1.82) is 0 Å². The third-order valence-corrected chi connectivity index (χ3v) is 2.00. The lowest BCUT2D eigenvalue weighted by Gasteiger charge is -2.25. The predicted octanol–water partition coefficient (Wildman–Crippen LogP) is 2.05. The maximum atomic E-state index is 10.9. The van der Waals surface area contributed by atoms with E-state index in [1.54, 1.807) is 37.5 Å². The highest BCUT2D eigenvalue weighted by atomic mass is 16.6. The summed E-state index contributed by atoms with van der Waals surface area (Å²) in [6.45, 7) is 6.83. The maximum Gasteiger partial charge on any atom is 0.303 e. The first kappa shape index (κ1) is 10.4. The minimum atomic E-state index is -0.769. The highest BCUT2D eigenvalue weighted by Gasteiger charge is 2.25. The number of carbonyl (C=O) groups excluding carboxylic acids is 1. The molecule has 0 fully saturated rings. The molecule has 0 unspecified atom stereocenters. The van der Waals surface area contributed by atoms with Crippen LogP contribution in [0, 0.1) is 0 Å². The summed E-state index contributed by atoms with van der Waals surface area (Å²) in [7, 11) is 0. The van der Waals surface area contributed by atoms with E-state index < -0.39 is 5.60 Å². The quantitative estimate of drug-likeness (QED) is 0.542. The van der Waals surface area contributed by atoms with Gasteiger partial charge in [-0.2, -0.15) is 0 Å². The average Bonchev–Trinajstić information content (AvgIpc) is 2.18. The lowest BCUT2D eigenvalue weighted by Crippen LogP contribution is -2.25. The number of rotatable bonds is 3. The first-order valence-corrected chi connectivity index (χ1v) is 4.32. The molecule has 1 aromatic heterocycles. The SMILES string of the molecule is C=C[C@@](C)(OC(C)=O)c1ccncc1. The van der Waals surface area contributed by atoms with Crippen molar-refractivity contribution < 1.29 is 9.53 Å². The van der Waals surface area contributed by atoms with Crippen molar-refractivity contribution in [2.24, 2.45) is 0 Å². The maximum absolute atomic E-state index is 10.9. The summed E-state index contributed by atoms with van der Waals surface area (Å²) in [6, 6.07) is 3.59. The molecule has 0 N–H and O–H groups in total. The summed E-state index contributed by atoms with van der Waals surface area (Å²) < 4.78 is 5.19. The number of pyridine rings is 1.